The van der Waals surface area contributed by atoms with Gasteiger partial charge in [-0.1, -0.05) is 32.6 Å². The third-order valence-electron chi connectivity index (χ3n) is 4.54. The lowest BCUT2D eigenvalue weighted by molar-refractivity contribution is -0.121. The highest BCUT2D eigenvalue weighted by atomic mass is 16.6. The molecule has 5 N–H and O–H groups in total. The highest BCUT2D eigenvalue weighted by Crippen LogP contribution is 2.08. The molecule has 0 heterocycles. The smallest absolute Gasteiger partial charge is 0.414 e. The van der Waals surface area contributed by atoms with E-state index in [1.807, 2.05) is 0 Å². The SMILES string of the molecule is CCCCCC[C@H](N)CC(=O)NCCCCCN=C(NC(=O)OC(C)(C)C)NC(=O)OC(C)(C)C. The number of amides is 3. The molecule has 10 nitrogen and oxygen atoms in total. The van der Waals surface area contributed by atoms with Gasteiger partial charge in [-0.3, -0.25) is 20.4 Å². The Morgan fingerprint density at radius 3 is 1.89 bits per heavy atom. The van der Waals surface area contributed by atoms with Crippen molar-refractivity contribution in [3.63, 3.8) is 0 Å². The molecule has 0 fully saturated rings. The number of aliphatic imine (C=N–C) groups is 1. The number of guanidine groups is 1. The Kier molecular flexibility index (Phi) is 16.0. The first kappa shape index (κ1) is 32.6. The molecule has 0 aliphatic carbocycles. The van der Waals surface area contributed by atoms with Crippen LogP contribution in [0.25, 0.3) is 0 Å². The minimum atomic E-state index is -0.724. The molecule has 1 atom stereocenters. The maximum atomic E-state index is 12.1. The lowest BCUT2D eigenvalue weighted by Crippen LogP contribution is -2.47. The number of hydrogen-bond donors (Lipinski definition) is 4. The molecule has 0 unspecified atom stereocenters. The average Bonchev–Trinajstić information content (AvgIpc) is 2.67. The van der Waals surface area contributed by atoms with Crippen LogP contribution in [0, 0.1) is 0 Å². The zero-order valence-electron chi connectivity index (χ0n) is 22.9. The molecule has 0 saturated carbocycles. The summed E-state index contributed by atoms with van der Waals surface area (Å²) in [5.74, 6) is -0.0499. The summed E-state index contributed by atoms with van der Waals surface area (Å²) in [4.78, 5) is 40.4. The summed E-state index contributed by atoms with van der Waals surface area (Å²) in [6, 6.07) is -0.0884. The molecular weight excluding hydrogens is 450 g/mol. The van der Waals surface area contributed by atoms with Crippen LogP contribution in [0.5, 0.6) is 0 Å². The van der Waals surface area contributed by atoms with E-state index in [-0.39, 0.29) is 17.9 Å². The van der Waals surface area contributed by atoms with E-state index in [1.165, 1.54) is 12.8 Å². The van der Waals surface area contributed by atoms with Crippen molar-refractivity contribution in [2.45, 2.75) is 123 Å². The number of nitrogens with zero attached hydrogens (tertiary/aromatic N) is 1. The summed E-state index contributed by atoms with van der Waals surface area (Å²) >= 11 is 0. The minimum absolute atomic E-state index is 0.0172. The van der Waals surface area contributed by atoms with Gasteiger partial charge >= 0.3 is 12.2 Å². The van der Waals surface area contributed by atoms with Crippen LogP contribution in [-0.4, -0.2) is 54.4 Å². The first-order chi connectivity index (χ1) is 16.2. The Hall–Kier alpha value is -2.36. The second kappa shape index (κ2) is 17.1. The van der Waals surface area contributed by atoms with Crippen molar-refractivity contribution in [2.24, 2.45) is 10.7 Å². The number of hydrogen-bond acceptors (Lipinski definition) is 7. The van der Waals surface area contributed by atoms with Gasteiger partial charge in [-0.25, -0.2) is 9.59 Å². The number of rotatable bonds is 13. The molecule has 0 spiro atoms. The van der Waals surface area contributed by atoms with Crippen LogP contribution in [0.2, 0.25) is 0 Å². The van der Waals surface area contributed by atoms with Crippen LogP contribution in [-0.2, 0) is 14.3 Å². The predicted molar refractivity (Wildman–Crippen MR) is 139 cm³/mol. The zero-order chi connectivity index (χ0) is 26.9. The minimum Gasteiger partial charge on any atom is -0.444 e. The van der Waals surface area contributed by atoms with E-state index >= 15 is 0 Å². The fourth-order valence-corrected chi connectivity index (χ4v) is 2.99. The number of unbranched alkanes of at least 4 members (excludes halogenated alkanes) is 5. The number of nitrogens with two attached hydrogens (primary N) is 1. The van der Waals surface area contributed by atoms with Crippen molar-refractivity contribution in [1.82, 2.24) is 16.0 Å². The molecule has 0 rings (SSSR count). The summed E-state index contributed by atoms with van der Waals surface area (Å²) in [7, 11) is 0. The van der Waals surface area contributed by atoms with Crippen molar-refractivity contribution >= 4 is 24.1 Å². The van der Waals surface area contributed by atoms with E-state index in [9.17, 15) is 14.4 Å². The molecule has 0 aliphatic rings. The second-order valence-electron chi connectivity index (χ2n) is 10.7. The molecule has 0 bridgehead atoms. The van der Waals surface area contributed by atoms with Gasteiger partial charge in [-0.05, 0) is 67.2 Å². The fraction of sp³-hybridized carbons (Fsp3) is 0.840. The molecule has 0 aromatic rings. The standard InChI is InChI=1S/C25H49N5O5/c1-8-9-10-12-15-19(26)18-20(31)27-16-13-11-14-17-28-21(29-22(32)34-24(2,3)4)30-23(33)35-25(5,6)7/h19H,8-18,26H2,1-7H3,(H,27,31)(H2,28,29,30,32,33)/t19-/m0/s1. The molecule has 0 saturated heterocycles. The van der Waals surface area contributed by atoms with Crippen LogP contribution < -0.4 is 21.7 Å². The molecule has 35 heavy (non-hydrogen) atoms. The van der Waals surface area contributed by atoms with Gasteiger partial charge in [0.15, 0.2) is 0 Å². The average molecular weight is 500 g/mol. The number of alkyl carbamates (subject to hydrolysis) is 2. The molecular formula is C25H49N5O5. The molecule has 0 aromatic carbocycles. The molecule has 0 aliphatic heterocycles. The number of carbonyl (C=O) groups excluding carboxylic acids is 3. The quantitative estimate of drug-likeness (QED) is 0.168. The third kappa shape index (κ3) is 21.9. The van der Waals surface area contributed by atoms with E-state index in [0.717, 1.165) is 32.1 Å². The Balaban J connectivity index is 4.40. The van der Waals surface area contributed by atoms with Crippen molar-refractivity contribution in [3.05, 3.63) is 0 Å². The maximum Gasteiger partial charge on any atom is 0.414 e. The van der Waals surface area contributed by atoms with Gasteiger partial charge < -0.3 is 20.5 Å². The van der Waals surface area contributed by atoms with Gasteiger partial charge in [0.1, 0.15) is 11.2 Å². The van der Waals surface area contributed by atoms with Crippen molar-refractivity contribution in [2.75, 3.05) is 13.1 Å². The summed E-state index contributed by atoms with van der Waals surface area (Å²) < 4.78 is 10.4. The normalized spacial score (nSPS) is 12.3. The van der Waals surface area contributed by atoms with Gasteiger partial charge in [0.2, 0.25) is 11.9 Å². The van der Waals surface area contributed by atoms with Gasteiger partial charge in [-0.2, -0.15) is 0 Å². The first-order valence-electron chi connectivity index (χ1n) is 12.8. The highest BCUT2D eigenvalue weighted by Gasteiger charge is 2.21. The van der Waals surface area contributed by atoms with Gasteiger partial charge in [0, 0.05) is 25.6 Å². The Morgan fingerprint density at radius 1 is 0.829 bits per heavy atom. The summed E-state index contributed by atoms with van der Waals surface area (Å²) in [6.07, 6.45) is 6.73. The van der Waals surface area contributed by atoms with E-state index in [2.05, 4.69) is 27.9 Å². The summed E-state index contributed by atoms with van der Waals surface area (Å²) in [6.45, 7) is 13.6. The van der Waals surface area contributed by atoms with Gasteiger partial charge in [-0.15, -0.1) is 0 Å². The first-order valence-corrected chi connectivity index (χ1v) is 12.8. The molecule has 10 heteroatoms. The van der Waals surface area contributed by atoms with E-state index in [1.54, 1.807) is 41.5 Å². The second-order valence-corrected chi connectivity index (χ2v) is 10.7. The monoisotopic (exact) mass is 499 g/mol. The topological polar surface area (TPSA) is 144 Å². The lowest BCUT2D eigenvalue weighted by atomic mass is 10.1. The highest BCUT2D eigenvalue weighted by molar-refractivity contribution is 6.01. The molecule has 3 amide bonds. The van der Waals surface area contributed by atoms with Crippen molar-refractivity contribution in [1.29, 1.82) is 0 Å². The summed E-state index contributed by atoms with van der Waals surface area (Å²) in [5.41, 5.74) is 4.66. The van der Waals surface area contributed by atoms with Crippen molar-refractivity contribution < 1.29 is 23.9 Å². The van der Waals surface area contributed by atoms with Crippen LogP contribution in [0.3, 0.4) is 0 Å². The largest absolute Gasteiger partial charge is 0.444 e. The van der Waals surface area contributed by atoms with Crippen molar-refractivity contribution in [3.8, 4) is 0 Å². The maximum absolute atomic E-state index is 12.1. The van der Waals surface area contributed by atoms with E-state index < -0.39 is 23.4 Å². The van der Waals surface area contributed by atoms with Crippen LogP contribution >= 0.6 is 0 Å². The van der Waals surface area contributed by atoms with E-state index in [0.29, 0.717) is 25.9 Å². The number of carbonyl (C=O) groups is 3. The van der Waals surface area contributed by atoms with E-state index in [4.69, 9.17) is 15.2 Å². The van der Waals surface area contributed by atoms with Crippen LogP contribution in [0.1, 0.15) is 106 Å². The Morgan fingerprint density at radius 2 is 1.37 bits per heavy atom. The predicted octanol–water partition coefficient (Wildman–Crippen LogP) is 4.37. The number of ether oxygens (including phenoxy) is 2. The summed E-state index contributed by atoms with van der Waals surface area (Å²) in [5, 5.41) is 7.82. The lowest BCUT2D eigenvalue weighted by Gasteiger charge is -2.22. The molecule has 0 aromatic heterocycles. The Labute approximate surface area is 211 Å². The number of nitrogens with one attached hydrogen (secondary N) is 3. The Bertz CT molecular complexity index is 636. The molecule has 204 valence electrons. The molecule has 0 radical (unpaired) electrons. The van der Waals surface area contributed by atoms with Crippen LogP contribution in [0.4, 0.5) is 9.59 Å². The zero-order valence-corrected chi connectivity index (χ0v) is 22.9. The van der Waals surface area contributed by atoms with Crippen LogP contribution in [0.15, 0.2) is 4.99 Å². The fourth-order valence-electron chi connectivity index (χ4n) is 2.99. The third-order valence-corrected chi connectivity index (χ3v) is 4.54. The van der Waals surface area contributed by atoms with Gasteiger partial charge in [0.25, 0.3) is 0 Å². The van der Waals surface area contributed by atoms with Gasteiger partial charge in [0.05, 0.1) is 0 Å².